The summed E-state index contributed by atoms with van der Waals surface area (Å²) in [6, 6.07) is 0. The summed E-state index contributed by atoms with van der Waals surface area (Å²) in [7, 11) is -0.185. The number of rotatable bonds is 10. The summed E-state index contributed by atoms with van der Waals surface area (Å²) < 4.78 is 24.8. The van der Waals surface area contributed by atoms with Gasteiger partial charge in [-0.1, -0.05) is 54.4 Å². The Morgan fingerprint density at radius 3 is 1.11 bits per heavy atom. The van der Waals surface area contributed by atoms with Crippen LogP contribution in [0.4, 0.5) is 0 Å². The minimum absolute atomic E-state index is 0.0925. The number of hydrogen-bond acceptors (Lipinski definition) is 4. The molecular formula is C21H42B2O4. The van der Waals surface area contributed by atoms with Crippen LogP contribution in [0.15, 0.2) is 0 Å². The van der Waals surface area contributed by atoms with E-state index in [1.165, 1.54) is 0 Å². The molecule has 0 aromatic rings. The van der Waals surface area contributed by atoms with Crippen molar-refractivity contribution in [3.63, 3.8) is 0 Å². The van der Waals surface area contributed by atoms with E-state index in [1.54, 1.807) is 0 Å². The maximum atomic E-state index is 6.19. The van der Waals surface area contributed by atoms with Crippen LogP contribution >= 0.6 is 0 Å². The lowest BCUT2D eigenvalue weighted by Crippen LogP contribution is -2.48. The normalized spacial score (nSPS) is 22.9. The average molecular weight is 380 g/mol. The highest BCUT2D eigenvalue weighted by atomic mass is 16.6. The molecule has 0 aromatic carbocycles. The highest BCUT2D eigenvalue weighted by molar-refractivity contribution is 6.47. The molecule has 0 N–H and O–H groups in total. The second-order valence-corrected chi connectivity index (χ2v) is 9.13. The van der Waals surface area contributed by atoms with E-state index >= 15 is 0 Å². The van der Waals surface area contributed by atoms with Crippen molar-refractivity contribution in [2.75, 3.05) is 26.4 Å². The molecule has 0 aromatic heterocycles. The Morgan fingerprint density at radius 1 is 0.593 bits per heavy atom. The highest BCUT2D eigenvalue weighted by Gasteiger charge is 2.45. The van der Waals surface area contributed by atoms with Crippen molar-refractivity contribution in [2.24, 2.45) is 16.2 Å². The first-order valence-corrected chi connectivity index (χ1v) is 11.4. The summed E-state index contributed by atoms with van der Waals surface area (Å²) in [6.07, 6.45) is 8.50. The molecule has 27 heavy (non-hydrogen) atoms. The molecule has 156 valence electrons. The van der Waals surface area contributed by atoms with Gasteiger partial charge in [-0.05, 0) is 43.7 Å². The molecule has 0 unspecified atom stereocenters. The molecule has 0 radical (unpaired) electrons. The van der Waals surface area contributed by atoms with Crippen LogP contribution in [0.2, 0.25) is 12.6 Å². The van der Waals surface area contributed by atoms with Crippen molar-refractivity contribution in [1.82, 2.24) is 0 Å². The summed E-state index contributed by atoms with van der Waals surface area (Å²) >= 11 is 0. The van der Waals surface area contributed by atoms with Gasteiger partial charge in [-0.25, -0.2) is 0 Å². The third-order valence-corrected chi connectivity index (χ3v) is 8.00. The lowest BCUT2D eigenvalue weighted by molar-refractivity contribution is -0.00995. The Morgan fingerprint density at radius 2 is 0.889 bits per heavy atom. The maximum Gasteiger partial charge on any atom is 0.457 e. The van der Waals surface area contributed by atoms with Gasteiger partial charge in [-0.15, -0.1) is 0 Å². The lowest BCUT2D eigenvalue weighted by Gasteiger charge is -2.43. The van der Waals surface area contributed by atoms with Crippen LogP contribution in [-0.4, -0.2) is 40.7 Å². The van der Waals surface area contributed by atoms with Crippen LogP contribution in [-0.2, 0) is 18.6 Å². The molecule has 2 aliphatic heterocycles. The standard InChI is InChI=1S/C21H42B2O4/c1-7-19(8-2,13-22-24-15-20(9-3,10-4)16-25-22)14-23-26-17-21(11-5,12-6)18-27-23/h7-18H2,1-6H3. The SMILES string of the molecule is CCC1(CC)COB(CC(CC)(CC)CB2OCC(CC)(CC)CO2)OC1. The molecule has 2 fully saturated rings. The van der Waals surface area contributed by atoms with E-state index in [1.807, 2.05) is 0 Å². The fourth-order valence-electron chi connectivity index (χ4n) is 4.43. The van der Waals surface area contributed by atoms with E-state index < -0.39 is 0 Å². The third kappa shape index (κ3) is 5.52. The average Bonchev–Trinajstić information content (AvgIpc) is 2.74. The second-order valence-electron chi connectivity index (χ2n) is 9.13. The Labute approximate surface area is 168 Å². The molecule has 2 rings (SSSR count). The number of hydrogen-bond donors (Lipinski definition) is 0. The summed E-state index contributed by atoms with van der Waals surface area (Å²) in [5.74, 6) is 0. The first-order valence-electron chi connectivity index (χ1n) is 11.4. The van der Waals surface area contributed by atoms with Gasteiger partial charge in [0, 0.05) is 37.3 Å². The van der Waals surface area contributed by atoms with Crippen LogP contribution in [0.1, 0.15) is 80.1 Å². The predicted molar refractivity (Wildman–Crippen MR) is 114 cm³/mol. The molecule has 2 saturated heterocycles. The van der Waals surface area contributed by atoms with E-state index in [-0.39, 0.29) is 30.5 Å². The quantitative estimate of drug-likeness (QED) is 0.471. The Hall–Kier alpha value is -0.0301. The summed E-state index contributed by atoms with van der Waals surface area (Å²) in [5, 5.41) is 0. The first kappa shape index (κ1) is 23.3. The second kappa shape index (κ2) is 10.1. The molecular weight excluding hydrogens is 338 g/mol. The van der Waals surface area contributed by atoms with Crippen LogP contribution in [0.5, 0.6) is 0 Å². The van der Waals surface area contributed by atoms with Gasteiger partial charge in [0.15, 0.2) is 0 Å². The van der Waals surface area contributed by atoms with E-state index in [2.05, 4.69) is 41.5 Å². The van der Waals surface area contributed by atoms with Gasteiger partial charge in [-0.2, -0.15) is 0 Å². The molecule has 4 nitrogen and oxygen atoms in total. The molecule has 0 saturated carbocycles. The fraction of sp³-hybridized carbons (Fsp3) is 1.00. The molecule has 0 aliphatic carbocycles. The molecule has 2 aliphatic rings. The van der Waals surface area contributed by atoms with Gasteiger partial charge >= 0.3 is 14.2 Å². The van der Waals surface area contributed by atoms with E-state index in [4.69, 9.17) is 18.6 Å². The maximum absolute atomic E-state index is 6.19. The van der Waals surface area contributed by atoms with E-state index in [0.29, 0.717) is 0 Å². The van der Waals surface area contributed by atoms with Crippen LogP contribution < -0.4 is 0 Å². The van der Waals surface area contributed by atoms with Gasteiger partial charge in [0.2, 0.25) is 0 Å². The summed E-state index contributed by atoms with van der Waals surface area (Å²) in [4.78, 5) is 0. The Bertz CT molecular complexity index is 378. The predicted octanol–water partition coefficient (Wildman–Crippen LogP) is 5.48. The van der Waals surface area contributed by atoms with Crippen molar-refractivity contribution < 1.29 is 18.6 Å². The van der Waals surface area contributed by atoms with Gasteiger partial charge in [0.1, 0.15) is 0 Å². The van der Waals surface area contributed by atoms with E-state index in [0.717, 1.165) is 77.6 Å². The summed E-state index contributed by atoms with van der Waals surface area (Å²) in [6.45, 7) is 16.8. The lowest BCUT2D eigenvalue weighted by atomic mass is 9.55. The minimum Gasteiger partial charge on any atom is -0.410 e. The topological polar surface area (TPSA) is 36.9 Å². The molecule has 0 spiro atoms. The fourth-order valence-corrected chi connectivity index (χ4v) is 4.43. The van der Waals surface area contributed by atoms with Crippen molar-refractivity contribution in [1.29, 1.82) is 0 Å². The largest absolute Gasteiger partial charge is 0.457 e. The molecule has 2 heterocycles. The van der Waals surface area contributed by atoms with Crippen LogP contribution in [0.25, 0.3) is 0 Å². The van der Waals surface area contributed by atoms with Gasteiger partial charge in [-0.3, -0.25) is 0 Å². The summed E-state index contributed by atoms with van der Waals surface area (Å²) in [5.41, 5.74) is 0.555. The highest BCUT2D eigenvalue weighted by Crippen LogP contribution is 2.42. The van der Waals surface area contributed by atoms with Crippen molar-refractivity contribution in [3.05, 3.63) is 0 Å². The zero-order chi connectivity index (χ0) is 20.0. The van der Waals surface area contributed by atoms with Crippen molar-refractivity contribution in [3.8, 4) is 0 Å². The Kier molecular flexibility index (Phi) is 8.73. The zero-order valence-corrected chi connectivity index (χ0v) is 18.8. The zero-order valence-electron chi connectivity index (χ0n) is 18.8. The third-order valence-electron chi connectivity index (χ3n) is 8.00. The smallest absolute Gasteiger partial charge is 0.410 e. The van der Waals surface area contributed by atoms with Gasteiger partial charge in [0.05, 0.1) is 0 Å². The Balaban J connectivity index is 1.92. The van der Waals surface area contributed by atoms with E-state index in [9.17, 15) is 0 Å². The molecule has 0 atom stereocenters. The van der Waals surface area contributed by atoms with Crippen molar-refractivity contribution >= 4 is 14.2 Å². The van der Waals surface area contributed by atoms with Gasteiger partial charge < -0.3 is 18.6 Å². The van der Waals surface area contributed by atoms with Crippen molar-refractivity contribution in [2.45, 2.75) is 92.7 Å². The molecule has 6 heteroatoms. The van der Waals surface area contributed by atoms with Crippen LogP contribution in [0, 0.1) is 16.2 Å². The minimum atomic E-state index is -0.0925. The molecule has 0 bridgehead atoms. The molecule has 0 amide bonds. The first-order chi connectivity index (χ1) is 12.9. The van der Waals surface area contributed by atoms with Gasteiger partial charge in [0.25, 0.3) is 0 Å². The monoisotopic (exact) mass is 380 g/mol. The van der Waals surface area contributed by atoms with Crippen LogP contribution in [0.3, 0.4) is 0 Å².